The second-order valence-electron chi connectivity index (χ2n) is 4.81. The molecule has 2 rings (SSSR count). The summed E-state index contributed by atoms with van der Waals surface area (Å²) in [7, 11) is 0. The van der Waals surface area contributed by atoms with Gasteiger partial charge in [0.2, 0.25) is 0 Å². The van der Waals surface area contributed by atoms with Crippen molar-refractivity contribution in [3.05, 3.63) is 23.4 Å². The van der Waals surface area contributed by atoms with Gasteiger partial charge in [0.25, 0.3) is 5.91 Å². The van der Waals surface area contributed by atoms with Gasteiger partial charge in [-0.2, -0.15) is 0 Å². The van der Waals surface area contributed by atoms with E-state index in [9.17, 15) is 4.79 Å². The van der Waals surface area contributed by atoms with Crippen LogP contribution in [-0.2, 0) is 6.42 Å². The van der Waals surface area contributed by atoms with Crippen molar-refractivity contribution in [3.63, 3.8) is 0 Å². The van der Waals surface area contributed by atoms with Crippen LogP contribution in [0.3, 0.4) is 0 Å². The molecule has 3 N–H and O–H groups in total. The van der Waals surface area contributed by atoms with Crippen molar-refractivity contribution in [2.24, 2.45) is 11.8 Å². The van der Waals surface area contributed by atoms with E-state index in [2.05, 4.69) is 17.2 Å². The van der Waals surface area contributed by atoms with Crippen molar-refractivity contribution >= 4 is 11.7 Å². The van der Waals surface area contributed by atoms with E-state index in [-0.39, 0.29) is 5.91 Å². The highest BCUT2D eigenvalue weighted by Crippen LogP contribution is 2.36. The molecular formula is C13H19N3O. The fourth-order valence-corrected chi connectivity index (χ4v) is 1.93. The van der Waals surface area contributed by atoms with Gasteiger partial charge in [0.05, 0.1) is 0 Å². The van der Waals surface area contributed by atoms with Crippen LogP contribution in [0.1, 0.15) is 36.3 Å². The predicted molar refractivity (Wildman–Crippen MR) is 67.6 cm³/mol. The van der Waals surface area contributed by atoms with E-state index < -0.39 is 0 Å². The number of pyridine rings is 1. The van der Waals surface area contributed by atoms with Crippen molar-refractivity contribution in [3.8, 4) is 0 Å². The molecule has 0 aliphatic heterocycles. The zero-order valence-electron chi connectivity index (χ0n) is 10.4. The maximum atomic E-state index is 11.9. The summed E-state index contributed by atoms with van der Waals surface area (Å²) >= 11 is 0. The van der Waals surface area contributed by atoms with Crippen LogP contribution in [-0.4, -0.2) is 17.4 Å². The fraction of sp³-hybridized carbons (Fsp3) is 0.538. The lowest BCUT2D eigenvalue weighted by molar-refractivity contribution is 0.0951. The molecule has 0 bridgehead atoms. The molecule has 17 heavy (non-hydrogen) atoms. The number of aryl methyl sites for hydroxylation is 1. The van der Waals surface area contributed by atoms with Gasteiger partial charge in [-0.1, -0.05) is 13.8 Å². The maximum Gasteiger partial charge on any atom is 0.251 e. The van der Waals surface area contributed by atoms with Gasteiger partial charge in [0.1, 0.15) is 5.82 Å². The first-order chi connectivity index (χ1) is 8.10. The minimum Gasteiger partial charge on any atom is -0.384 e. The van der Waals surface area contributed by atoms with Gasteiger partial charge in [-0.15, -0.1) is 0 Å². The van der Waals surface area contributed by atoms with E-state index in [4.69, 9.17) is 5.73 Å². The summed E-state index contributed by atoms with van der Waals surface area (Å²) < 4.78 is 0. The lowest BCUT2D eigenvalue weighted by Crippen LogP contribution is -2.26. The van der Waals surface area contributed by atoms with Gasteiger partial charge >= 0.3 is 0 Å². The van der Waals surface area contributed by atoms with Crippen molar-refractivity contribution in [2.75, 3.05) is 12.3 Å². The molecular weight excluding hydrogens is 214 g/mol. The van der Waals surface area contributed by atoms with Crippen LogP contribution in [0.2, 0.25) is 0 Å². The van der Waals surface area contributed by atoms with Crippen LogP contribution in [0.5, 0.6) is 0 Å². The number of aromatic nitrogens is 1. The van der Waals surface area contributed by atoms with E-state index in [1.165, 1.54) is 6.42 Å². The number of amides is 1. The maximum absolute atomic E-state index is 11.9. The summed E-state index contributed by atoms with van der Waals surface area (Å²) in [4.78, 5) is 16.1. The zero-order valence-corrected chi connectivity index (χ0v) is 10.4. The predicted octanol–water partition coefficient (Wildman–Crippen LogP) is 1.61. The topological polar surface area (TPSA) is 68.0 Å². The van der Waals surface area contributed by atoms with Gasteiger partial charge in [0, 0.05) is 17.8 Å². The highest BCUT2D eigenvalue weighted by molar-refractivity contribution is 5.94. The summed E-state index contributed by atoms with van der Waals surface area (Å²) in [5.41, 5.74) is 7.14. The molecule has 1 amide bonds. The molecule has 4 heteroatoms. The highest BCUT2D eigenvalue weighted by Gasteiger charge is 2.32. The molecule has 0 aromatic carbocycles. The first-order valence-electron chi connectivity index (χ1n) is 6.14. The number of hydrogen-bond donors (Lipinski definition) is 2. The summed E-state index contributed by atoms with van der Waals surface area (Å²) in [6.07, 6.45) is 2.00. The van der Waals surface area contributed by atoms with E-state index >= 15 is 0 Å². The molecule has 1 aliphatic carbocycles. The number of rotatable bonds is 4. The van der Waals surface area contributed by atoms with Crippen LogP contribution in [0, 0.1) is 11.8 Å². The molecule has 1 aliphatic rings. The van der Waals surface area contributed by atoms with Crippen molar-refractivity contribution in [1.29, 1.82) is 0 Å². The normalized spacial score (nSPS) is 22.2. The molecule has 2 unspecified atom stereocenters. The lowest BCUT2D eigenvalue weighted by Gasteiger charge is -2.06. The first kappa shape index (κ1) is 11.9. The Kier molecular flexibility index (Phi) is 3.31. The minimum atomic E-state index is -0.0482. The van der Waals surface area contributed by atoms with Gasteiger partial charge in [-0.25, -0.2) is 4.98 Å². The number of carbonyl (C=O) groups is 1. The largest absolute Gasteiger partial charge is 0.384 e. The molecule has 1 aromatic rings. The second-order valence-corrected chi connectivity index (χ2v) is 4.81. The lowest BCUT2D eigenvalue weighted by atomic mass is 10.2. The van der Waals surface area contributed by atoms with Crippen molar-refractivity contribution in [1.82, 2.24) is 10.3 Å². The Morgan fingerprint density at radius 1 is 1.59 bits per heavy atom. The van der Waals surface area contributed by atoms with Gasteiger partial charge < -0.3 is 11.1 Å². The summed E-state index contributed by atoms with van der Waals surface area (Å²) in [5, 5.41) is 2.95. The minimum absolute atomic E-state index is 0.0482. The summed E-state index contributed by atoms with van der Waals surface area (Å²) in [6, 6.07) is 3.44. The van der Waals surface area contributed by atoms with Crippen LogP contribution >= 0.6 is 0 Å². The third-order valence-electron chi connectivity index (χ3n) is 3.32. The average molecular weight is 233 g/mol. The Morgan fingerprint density at radius 2 is 2.29 bits per heavy atom. The molecule has 0 radical (unpaired) electrons. The van der Waals surface area contributed by atoms with Crippen molar-refractivity contribution < 1.29 is 4.79 Å². The van der Waals surface area contributed by atoms with E-state index in [1.807, 2.05) is 13.0 Å². The first-order valence-corrected chi connectivity index (χ1v) is 6.14. The number of hydrogen-bond acceptors (Lipinski definition) is 3. The third kappa shape index (κ3) is 2.96. The van der Waals surface area contributed by atoms with E-state index in [0.29, 0.717) is 17.3 Å². The summed E-state index contributed by atoms with van der Waals surface area (Å²) in [5.74, 6) is 1.77. The zero-order chi connectivity index (χ0) is 12.4. The van der Waals surface area contributed by atoms with Gasteiger partial charge in [0.15, 0.2) is 0 Å². The number of carbonyl (C=O) groups excluding carboxylic acids is 1. The molecule has 1 fully saturated rings. The molecule has 1 saturated carbocycles. The fourth-order valence-electron chi connectivity index (χ4n) is 1.93. The molecule has 4 nitrogen and oxygen atoms in total. The van der Waals surface area contributed by atoms with E-state index in [1.54, 1.807) is 6.07 Å². The molecule has 2 atom stereocenters. The van der Waals surface area contributed by atoms with Crippen LogP contribution < -0.4 is 11.1 Å². The Bertz CT molecular complexity index is 431. The Labute approximate surface area is 102 Å². The number of nitrogens with one attached hydrogen (secondary N) is 1. The number of nitrogens with two attached hydrogens (primary N) is 1. The quantitative estimate of drug-likeness (QED) is 0.830. The smallest absolute Gasteiger partial charge is 0.251 e. The van der Waals surface area contributed by atoms with Crippen molar-refractivity contribution in [2.45, 2.75) is 26.7 Å². The molecule has 0 spiro atoms. The Morgan fingerprint density at radius 3 is 2.88 bits per heavy atom. The second kappa shape index (κ2) is 4.73. The Balaban J connectivity index is 2.00. The van der Waals surface area contributed by atoms with Gasteiger partial charge in [-0.3, -0.25) is 4.79 Å². The Hall–Kier alpha value is -1.58. The molecule has 1 heterocycles. The van der Waals surface area contributed by atoms with E-state index in [0.717, 1.165) is 24.6 Å². The van der Waals surface area contributed by atoms with Gasteiger partial charge in [-0.05, 0) is 36.8 Å². The summed E-state index contributed by atoms with van der Waals surface area (Å²) in [6.45, 7) is 4.97. The van der Waals surface area contributed by atoms with Crippen LogP contribution in [0.25, 0.3) is 0 Å². The SMILES string of the molecule is CCc1cc(C(=O)NCC2CC2C)cc(N)n1. The highest BCUT2D eigenvalue weighted by atomic mass is 16.1. The molecule has 92 valence electrons. The average Bonchev–Trinajstić information content (AvgIpc) is 3.01. The number of nitrogen functional groups attached to an aromatic ring is 1. The number of nitrogens with zero attached hydrogens (tertiary/aromatic N) is 1. The van der Waals surface area contributed by atoms with Crippen LogP contribution in [0.15, 0.2) is 12.1 Å². The van der Waals surface area contributed by atoms with Crippen LogP contribution in [0.4, 0.5) is 5.82 Å². The monoisotopic (exact) mass is 233 g/mol. The standard InChI is InChI=1S/C13H19N3O/c1-3-11-5-9(6-12(14)16-11)13(17)15-7-10-4-8(10)2/h5-6,8,10H,3-4,7H2,1-2H3,(H2,14,16)(H,15,17). The third-order valence-corrected chi connectivity index (χ3v) is 3.32. The molecule has 1 aromatic heterocycles. The molecule has 0 saturated heterocycles. The number of anilines is 1.